The minimum atomic E-state index is -4.71. The lowest BCUT2D eigenvalue weighted by Crippen LogP contribution is -2.31. The maximum Gasteiger partial charge on any atom is 0.295 e. The molecule has 0 aliphatic rings. The molecule has 0 saturated carbocycles. The van der Waals surface area contributed by atoms with E-state index >= 15 is 0 Å². The van der Waals surface area contributed by atoms with E-state index in [0.717, 1.165) is 5.69 Å². The van der Waals surface area contributed by atoms with Gasteiger partial charge >= 0.3 is 0 Å². The van der Waals surface area contributed by atoms with E-state index in [0.29, 0.717) is 16.9 Å². The van der Waals surface area contributed by atoms with E-state index in [4.69, 9.17) is 0 Å². The zero-order valence-electron chi connectivity index (χ0n) is 32.2. The highest BCUT2D eigenvalue weighted by Gasteiger charge is 2.18. The summed E-state index contributed by atoms with van der Waals surface area (Å²) in [6.45, 7) is -0.148. The molecule has 0 radical (unpaired) electrons. The van der Waals surface area contributed by atoms with E-state index in [1.807, 2.05) is 60.7 Å². The maximum atomic E-state index is 12.6. The molecule has 19 nitrogen and oxygen atoms in total. The second-order valence-corrected chi connectivity index (χ2v) is 14.2. The predicted octanol–water partition coefficient (Wildman–Crippen LogP) is 4.03. The molecule has 0 bridgehead atoms. The number of benzene rings is 4. The fourth-order valence-corrected chi connectivity index (χ4v) is 6.45. The number of aliphatic hydroxyl groups excluding tert-OH is 4. The second kappa shape index (κ2) is 20.7. The Labute approximate surface area is 346 Å². The summed E-state index contributed by atoms with van der Waals surface area (Å²) in [5.74, 6) is 1.03. The van der Waals surface area contributed by atoms with Crippen LogP contribution >= 0.6 is 0 Å². The fourth-order valence-electron chi connectivity index (χ4n) is 5.74. The molecular formula is C40H44N12O7S. The molecule has 4 aromatic carbocycles. The molecule has 0 aliphatic carbocycles. The van der Waals surface area contributed by atoms with Gasteiger partial charge < -0.3 is 51.5 Å². The van der Waals surface area contributed by atoms with Crippen LogP contribution in [-0.4, -0.2) is 116 Å². The minimum absolute atomic E-state index is 0.0299. The van der Waals surface area contributed by atoms with Crippen molar-refractivity contribution in [2.45, 2.75) is 4.90 Å². The molecule has 312 valence electrons. The molecule has 0 saturated heterocycles. The summed E-state index contributed by atoms with van der Waals surface area (Å²) in [6.07, 6.45) is 3.23. The van der Waals surface area contributed by atoms with Crippen LogP contribution in [-0.2, 0) is 10.1 Å². The van der Waals surface area contributed by atoms with Gasteiger partial charge in [0.1, 0.15) is 4.90 Å². The predicted molar refractivity (Wildman–Crippen MR) is 230 cm³/mol. The fraction of sp³-hybridized carbons (Fsp3) is 0.200. The second-order valence-electron chi connectivity index (χ2n) is 12.8. The number of nitrogens with zero attached hydrogens (tertiary/aromatic N) is 8. The van der Waals surface area contributed by atoms with Crippen LogP contribution in [0.3, 0.4) is 0 Å². The lowest BCUT2D eigenvalue weighted by molar-refractivity contribution is 0.279. The third-order valence-corrected chi connectivity index (χ3v) is 9.43. The van der Waals surface area contributed by atoms with Crippen LogP contribution < -0.4 is 31.1 Å². The first kappa shape index (κ1) is 42.8. The van der Waals surface area contributed by atoms with E-state index in [-0.39, 0.29) is 104 Å². The van der Waals surface area contributed by atoms with Gasteiger partial charge in [-0.1, -0.05) is 66.7 Å². The van der Waals surface area contributed by atoms with E-state index in [1.54, 1.807) is 52.3 Å². The summed E-state index contributed by atoms with van der Waals surface area (Å²) < 4.78 is 35.5. The molecule has 0 unspecified atom stereocenters. The topological polar surface area (TPSA) is 267 Å². The highest BCUT2D eigenvalue weighted by atomic mass is 32.2. The van der Waals surface area contributed by atoms with Crippen LogP contribution in [0.1, 0.15) is 11.1 Å². The van der Waals surface area contributed by atoms with E-state index in [1.165, 1.54) is 12.1 Å². The molecule has 2 heterocycles. The molecule has 6 aromatic rings. The first-order valence-corrected chi connectivity index (χ1v) is 20.1. The molecule has 20 heteroatoms. The number of rotatable bonds is 21. The Morgan fingerprint density at radius 1 is 0.483 bits per heavy atom. The largest absolute Gasteiger partial charge is 0.395 e. The van der Waals surface area contributed by atoms with Gasteiger partial charge in [-0.05, 0) is 59.7 Å². The van der Waals surface area contributed by atoms with Gasteiger partial charge in [0.15, 0.2) is 0 Å². The Balaban J connectivity index is 1.22. The number of para-hydroxylation sites is 2. The van der Waals surface area contributed by atoms with Gasteiger partial charge in [0.2, 0.25) is 35.7 Å². The van der Waals surface area contributed by atoms with E-state index in [2.05, 4.69) is 51.2 Å². The maximum absolute atomic E-state index is 12.6. The Bertz CT molecular complexity index is 2440. The van der Waals surface area contributed by atoms with Crippen molar-refractivity contribution in [3.8, 4) is 0 Å². The van der Waals surface area contributed by atoms with E-state index in [9.17, 15) is 33.4 Å². The first-order chi connectivity index (χ1) is 29.1. The van der Waals surface area contributed by atoms with Crippen LogP contribution in [0.2, 0.25) is 0 Å². The molecule has 0 spiro atoms. The zero-order valence-corrected chi connectivity index (χ0v) is 33.0. The van der Waals surface area contributed by atoms with Crippen LogP contribution in [0.4, 0.5) is 58.4 Å². The Kier molecular flexibility index (Phi) is 14.8. The van der Waals surface area contributed by atoms with Gasteiger partial charge in [0.05, 0.1) is 26.4 Å². The summed E-state index contributed by atoms with van der Waals surface area (Å²) in [4.78, 5) is 29.7. The monoisotopic (exact) mass is 836 g/mol. The number of aromatic nitrogens is 6. The van der Waals surface area contributed by atoms with Crippen molar-refractivity contribution >= 4 is 80.7 Å². The summed E-state index contributed by atoms with van der Waals surface area (Å²) in [6, 6.07) is 30.0. The van der Waals surface area contributed by atoms with Gasteiger partial charge in [-0.15, -0.1) is 0 Å². The average molecular weight is 837 g/mol. The third kappa shape index (κ3) is 12.1. The SMILES string of the molecule is O=S(=O)(O)c1cc(Nc2nc(Nc3ccccc3)nc(N(CCO)CCO)n2)ccc1/C=C/c1ccc(Nc2nc(Nc3ccccc3)nc(N(CCO)CCO)n2)cc1. The van der Waals surface area contributed by atoms with Crippen LogP contribution in [0, 0.1) is 0 Å². The molecular weight excluding hydrogens is 793 g/mol. The summed E-state index contributed by atoms with van der Waals surface area (Å²) in [7, 11) is -4.71. The van der Waals surface area contributed by atoms with Gasteiger partial charge in [-0.3, -0.25) is 4.55 Å². The smallest absolute Gasteiger partial charge is 0.295 e. The van der Waals surface area contributed by atoms with E-state index < -0.39 is 10.1 Å². The van der Waals surface area contributed by atoms with Crippen molar-refractivity contribution < 1.29 is 33.4 Å². The van der Waals surface area contributed by atoms with Crippen molar-refractivity contribution in [1.82, 2.24) is 29.9 Å². The van der Waals surface area contributed by atoms with Gasteiger partial charge in [0, 0.05) is 48.9 Å². The molecule has 60 heavy (non-hydrogen) atoms. The van der Waals surface area contributed by atoms with Gasteiger partial charge in [0.25, 0.3) is 10.1 Å². The lowest BCUT2D eigenvalue weighted by atomic mass is 10.1. The van der Waals surface area contributed by atoms with Gasteiger partial charge in [-0.25, -0.2) is 0 Å². The highest BCUT2D eigenvalue weighted by molar-refractivity contribution is 7.86. The number of anilines is 10. The number of hydrogen-bond donors (Lipinski definition) is 9. The van der Waals surface area contributed by atoms with Crippen LogP contribution in [0.15, 0.2) is 108 Å². The molecule has 2 aromatic heterocycles. The number of hydrogen-bond acceptors (Lipinski definition) is 18. The van der Waals surface area contributed by atoms with Crippen LogP contribution in [0.25, 0.3) is 12.2 Å². The highest BCUT2D eigenvalue weighted by Crippen LogP contribution is 2.27. The number of nitrogens with one attached hydrogen (secondary N) is 4. The third-order valence-electron chi connectivity index (χ3n) is 8.52. The Hall–Kier alpha value is -6.81. The van der Waals surface area contributed by atoms with Crippen molar-refractivity contribution in [3.05, 3.63) is 114 Å². The molecule has 0 aliphatic heterocycles. The minimum Gasteiger partial charge on any atom is -0.395 e. The zero-order chi connectivity index (χ0) is 42.3. The molecule has 0 atom stereocenters. The van der Waals surface area contributed by atoms with Crippen molar-refractivity contribution in [1.29, 1.82) is 0 Å². The lowest BCUT2D eigenvalue weighted by Gasteiger charge is -2.21. The molecule has 0 amide bonds. The molecule has 9 N–H and O–H groups in total. The molecule has 0 fully saturated rings. The standard InChI is InChI=1S/C40H44N12O7S/c53-23-19-51(20-24-54)39-47-35(41-30-7-3-1-4-8-30)45-37(49-39)43-32-16-12-28(13-17-32)11-14-29-15-18-33(27-34(29)60(57,58)59)44-38-46-36(42-31-9-5-2-6-10-31)48-40(50-38)52(21-25-55)22-26-56/h1-18,27,53-56H,19-26H2,(H,57,58,59)(H2,41,43,45,47,49)(H2,42,44,46,48,50)/b14-11+. The summed E-state index contributed by atoms with van der Waals surface area (Å²) in [5, 5.41) is 50.8. The summed E-state index contributed by atoms with van der Waals surface area (Å²) >= 11 is 0. The normalized spacial score (nSPS) is 11.3. The van der Waals surface area contributed by atoms with Gasteiger partial charge in [-0.2, -0.15) is 38.3 Å². The van der Waals surface area contributed by atoms with Crippen molar-refractivity contribution in [2.75, 3.05) is 83.7 Å². The van der Waals surface area contributed by atoms with Crippen molar-refractivity contribution in [2.24, 2.45) is 0 Å². The summed E-state index contributed by atoms with van der Waals surface area (Å²) in [5.41, 5.74) is 3.22. The Morgan fingerprint density at radius 3 is 1.27 bits per heavy atom. The Morgan fingerprint density at radius 2 is 0.867 bits per heavy atom. The number of aliphatic hydroxyl groups is 4. The van der Waals surface area contributed by atoms with Crippen LogP contribution in [0.5, 0.6) is 0 Å². The quantitative estimate of drug-likeness (QED) is 0.0366. The van der Waals surface area contributed by atoms with Crippen molar-refractivity contribution in [3.63, 3.8) is 0 Å². The first-order valence-electron chi connectivity index (χ1n) is 18.7. The molecule has 6 rings (SSSR count). The average Bonchev–Trinajstić information content (AvgIpc) is 3.24.